The number of aliphatic hydroxyl groups is 1. The average Bonchev–Trinajstić information content (AvgIpc) is 2.47. The fraction of sp³-hybridized carbons (Fsp3) is 0.333. The van der Waals surface area contributed by atoms with E-state index in [1.165, 1.54) is 11.1 Å². The summed E-state index contributed by atoms with van der Waals surface area (Å²) >= 11 is 3.50. The van der Waals surface area contributed by atoms with Crippen molar-refractivity contribution in [3.05, 3.63) is 63.6 Å². The number of hydrogen-bond donors (Lipinski definition) is 1. The third-order valence-electron chi connectivity index (χ3n) is 3.62. The Balaban J connectivity index is 2.14. The minimum absolute atomic E-state index is 0.170. The lowest BCUT2D eigenvalue weighted by atomic mass is 9.92. The summed E-state index contributed by atoms with van der Waals surface area (Å²) in [6.45, 7) is 2.26. The predicted molar refractivity (Wildman–Crippen MR) is 89.9 cm³/mol. The van der Waals surface area contributed by atoms with Gasteiger partial charge in [-0.05, 0) is 55.0 Å². The molecule has 0 radical (unpaired) electrons. The maximum absolute atomic E-state index is 9.70. The molecule has 1 unspecified atom stereocenters. The van der Waals surface area contributed by atoms with Gasteiger partial charge in [0.05, 0.1) is 7.11 Å². The lowest BCUT2D eigenvalue weighted by Gasteiger charge is -2.17. The van der Waals surface area contributed by atoms with Crippen LogP contribution in [0, 0.1) is 12.8 Å². The van der Waals surface area contributed by atoms with E-state index in [4.69, 9.17) is 4.74 Å². The number of ether oxygens (including phenoxy) is 1. The molecule has 1 atom stereocenters. The molecule has 0 aliphatic heterocycles. The molecule has 2 nitrogen and oxygen atoms in total. The largest absolute Gasteiger partial charge is 0.496 e. The maximum atomic E-state index is 9.70. The van der Waals surface area contributed by atoms with Gasteiger partial charge >= 0.3 is 0 Å². The van der Waals surface area contributed by atoms with Crippen LogP contribution >= 0.6 is 15.9 Å². The van der Waals surface area contributed by atoms with E-state index in [0.717, 1.165) is 28.6 Å². The van der Waals surface area contributed by atoms with Gasteiger partial charge in [0.15, 0.2) is 0 Å². The van der Waals surface area contributed by atoms with Crippen LogP contribution in [0.5, 0.6) is 5.75 Å². The van der Waals surface area contributed by atoms with E-state index in [9.17, 15) is 5.11 Å². The lowest BCUT2D eigenvalue weighted by Crippen LogP contribution is -2.13. The van der Waals surface area contributed by atoms with E-state index >= 15 is 0 Å². The molecule has 2 aromatic carbocycles. The van der Waals surface area contributed by atoms with Crippen LogP contribution in [-0.2, 0) is 12.8 Å². The Kier molecular flexibility index (Phi) is 5.83. The van der Waals surface area contributed by atoms with Crippen molar-refractivity contribution in [1.82, 2.24) is 0 Å². The van der Waals surface area contributed by atoms with Crippen LogP contribution in [0.3, 0.4) is 0 Å². The van der Waals surface area contributed by atoms with Crippen molar-refractivity contribution in [3.8, 4) is 5.75 Å². The zero-order valence-corrected chi connectivity index (χ0v) is 14.1. The van der Waals surface area contributed by atoms with Crippen LogP contribution < -0.4 is 4.74 Å². The molecule has 0 saturated heterocycles. The molecule has 21 heavy (non-hydrogen) atoms. The van der Waals surface area contributed by atoms with E-state index in [1.807, 2.05) is 12.1 Å². The van der Waals surface area contributed by atoms with Gasteiger partial charge in [0.2, 0.25) is 0 Å². The molecule has 0 aliphatic carbocycles. The van der Waals surface area contributed by atoms with Crippen molar-refractivity contribution in [2.24, 2.45) is 5.92 Å². The molecule has 0 saturated carbocycles. The molecular formula is C18H21BrO2. The number of benzene rings is 2. The molecule has 0 aromatic heterocycles. The van der Waals surface area contributed by atoms with Gasteiger partial charge in [0.25, 0.3) is 0 Å². The normalized spacial score (nSPS) is 12.2. The van der Waals surface area contributed by atoms with Gasteiger partial charge in [0, 0.05) is 11.1 Å². The fourth-order valence-corrected chi connectivity index (χ4v) is 3.00. The van der Waals surface area contributed by atoms with E-state index in [1.54, 1.807) is 7.11 Å². The molecule has 0 amide bonds. The Labute approximate surface area is 134 Å². The lowest BCUT2D eigenvalue weighted by molar-refractivity contribution is 0.224. The van der Waals surface area contributed by atoms with E-state index < -0.39 is 0 Å². The topological polar surface area (TPSA) is 29.5 Å². The Morgan fingerprint density at radius 1 is 1.14 bits per heavy atom. The van der Waals surface area contributed by atoms with Crippen molar-refractivity contribution in [2.45, 2.75) is 19.8 Å². The number of methoxy groups -OCH3 is 1. The van der Waals surface area contributed by atoms with E-state index in [-0.39, 0.29) is 12.5 Å². The van der Waals surface area contributed by atoms with Crippen molar-refractivity contribution < 1.29 is 9.84 Å². The molecule has 0 aliphatic rings. The minimum Gasteiger partial charge on any atom is -0.496 e. The third-order valence-corrected chi connectivity index (χ3v) is 4.11. The van der Waals surface area contributed by atoms with Gasteiger partial charge in [-0.2, -0.15) is 0 Å². The average molecular weight is 349 g/mol. The summed E-state index contributed by atoms with van der Waals surface area (Å²) in [4.78, 5) is 0. The summed E-state index contributed by atoms with van der Waals surface area (Å²) in [5.74, 6) is 1.07. The van der Waals surface area contributed by atoms with E-state index in [0.29, 0.717) is 0 Å². The quantitative estimate of drug-likeness (QED) is 0.849. The third kappa shape index (κ3) is 4.58. The highest BCUT2D eigenvalue weighted by Gasteiger charge is 2.13. The summed E-state index contributed by atoms with van der Waals surface area (Å²) in [7, 11) is 1.68. The van der Waals surface area contributed by atoms with Crippen molar-refractivity contribution in [2.75, 3.05) is 13.7 Å². The van der Waals surface area contributed by atoms with Crippen LogP contribution in [0.2, 0.25) is 0 Å². The fourth-order valence-electron chi connectivity index (χ4n) is 2.59. The summed E-state index contributed by atoms with van der Waals surface area (Å²) < 4.78 is 6.45. The van der Waals surface area contributed by atoms with Crippen molar-refractivity contribution in [1.29, 1.82) is 0 Å². The van der Waals surface area contributed by atoms with Crippen LogP contribution in [0.1, 0.15) is 16.7 Å². The van der Waals surface area contributed by atoms with Crippen molar-refractivity contribution >= 4 is 15.9 Å². The first-order valence-electron chi connectivity index (χ1n) is 7.11. The van der Waals surface area contributed by atoms with Crippen molar-refractivity contribution in [3.63, 3.8) is 0 Å². The van der Waals surface area contributed by atoms with Crippen LogP contribution in [0.15, 0.2) is 46.9 Å². The second-order valence-corrected chi connectivity index (χ2v) is 6.32. The molecule has 112 valence electrons. The minimum atomic E-state index is 0.170. The maximum Gasteiger partial charge on any atom is 0.122 e. The van der Waals surface area contributed by atoms with E-state index in [2.05, 4.69) is 53.2 Å². The molecule has 0 fully saturated rings. The van der Waals surface area contributed by atoms with Gasteiger partial charge in [0.1, 0.15) is 5.75 Å². The highest BCUT2D eigenvalue weighted by atomic mass is 79.9. The first kappa shape index (κ1) is 16.1. The molecule has 0 bridgehead atoms. The highest BCUT2D eigenvalue weighted by Crippen LogP contribution is 2.26. The zero-order chi connectivity index (χ0) is 15.2. The number of halogens is 1. The molecule has 0 spiro atoms. The van der Waals surface area contributed by atoms with Gasteiger partial charge in [-0.3, -0.25) is 0 Å². The summed E-state index contributed by atoms with van der Waals surface area (Å²) in [6.07, 6.45) is 1.67. The Bertz CT molecular complexity index is 596. The second kappa shape index (κ2) is 7.62. The number of aliphatic hydroxyl groups excluding tert-OH is 1. The molecule has 2 aromatic rings. The Morgan fingerprint density at radius 2 is 1.95 bits per heavy atom. The van der Waals surface area contributed by atoms with Crippen LogP contribution in [-0.4, -0.2) is 18.8 Å². The summed E-state index contributed by atoms with van der Waals surface area (Å²) in [5.41, 5.74) is 3.64. The second-order valence-electron chi connectivity index (χ2n) is 5.40. The molecular weight excluding hydrogens is 328 g/mol. The van der Waals surface area contributed by atoms with Gasteiger partial charge in [-0.1, -0.05) is 45.8 Å². The molecule has 2 rings (SSSR count). The monoisotopic (exact) mass is 348 g/mol. The van der Waals surface area contributed by atoms with Crippen LogP contribution in [0.4, 0.5) is 0 Å². The summed E-state index contributed by atoms with van der Waals surface area (Å²) in [5, 5.41) is 9.70. The first-order chi connectivity index (χ1) is 10.1. The van der Waals surface area contributed by atoms with Gasteiger partial charge in [-0.15, -0.1) is 0 Å². The predicted octanol–water partition coefficient (Wildman–Crippen LogP) is 4.16. The Morgan fingerprint density at radius 3 is 2.62 bits per heavy atom. The van der Waals surface area contributed by atoms with Crippen LogP contribution in [0.25, 0.3) is 0 Å². The Hall–Kier alpha value is -1.32. The molecule has 3 heteroatoms. The zero-order valence-electron chi connectivity index (χ0n) is 12.5. The number of aryl methyl sites for hydroxylation is 1. The SMILES string of the molecule is COc1ccc(Br)cc1CC(CO)Cc1cccc(C)c1. The van der Waals surface area contributed by atoms with Gasteiger partial charge < -0.3 is 9.84 Å². The summed E-state index contributed by atoms with van der Waals surface area (Å²) in [6, 6.07) is 14.5. The van der Waals surface area contributed by atoms with Gasteiger partial charge in [-0.25, -0.2) is 0 Å². The number of hydrogen-bond acceptors (Lipinski definition) is 2. The smallest absolute Gasteiger partial charge is 0.122 e. The number of rotatable bonds is 6. The molecule has 0 heterocycles. The molecule has 1 N–H and O–H groups in total. The highest BCUT2D eigenvalue weighted by molar-refractivity contribution is 9.10. The standard InChI is InChI=1S/C18H21BrO2/c1-13-4-3-5-14(8-13)9-15(12-20)10-16-11-17(19)6-7-18(16)21-2/h3-8,11,15,20H,9-10,12H2,1-2H3. The first-order valence-corrected chi connectivity index (χ1v) is 7.90.